The molecule has 0 saturated heterocycles. The fourth-order valence-electron chi connectivity index (χ4n) is 3.41. The molecule has 0 aromatic carbocycles. The number of nitrogens with zero attached hydrogens (tertiary/aromatic N) is 1. The summed E-state index contributed by atoms with van der Waals surface area (Å²) in [5, 5.41) is 28.4. The van der Waals surface area contributed by atoms with Crippen LogP contribution < -0.4 is 0 Å². The lowest BCUT2D eigenvalue weighted by Gasteiger charge is -2.47. The Morgan fingerprint density at radius 3 is 1.52 bits per heavy atom. The summed E-state index contributed by atoms with van der Waals surface area (Å²) in [6.45, 7) is 8.05. The molecular weight excluding hydrogens is 326 g/mol. The van der Waals surface area contributed by atoms with Crippen molar-refractivity contribution in [3.8, 4) is 0 Å². The summed E-state index contributed by atoms with van der Waals surface area (Å²) < 4.78 is -0.493. The number of carboxylic acids is 3. The Morgan fingerprint density at radius 2 is 1.16 bits per heavy atom. The molecule has 0 heterocycles. The van der Waals surface area contributed by atoms with Gasteiger partial charge in [0, 0.05) is 0 Å². The first kappa shape index (κ1) is 23.1. The van der Waals surface area contributed by atoms with Gasteiger partial charge in [0.2, 0.25) is 0 Å². The second-order valence-corrected chi connectivity index (χ2v) is 6.61. The number of unbranched alkanes of at least 4 members (excludes halogenated alkanes) is 5. The van der Waals surface area contributed by atoms with Gasteiger partial charge in [0.15, 0.2) is 18.1 Å². The highest BCUT2D eigenvalue weighted by atomic mass is 16.4. The number of hydrogen-bond acceptors (Lipinski definition) is 3. The minimum Gasteiger partial charge on any atom is -0.477 e. The lowest BCUT2D eigenvalue weighted by Crippen LogP contribution is -2.70. The van der Waals surface area contributed by atoms with Crippen LogP contribution in [0.1, 0.15) is 59.3 Å². The van der Waals surface area contributed by atoms with Gasteiger partial charge in [-0.1, -0.05) is 18.9 Å². The highest BCUT2D eigenvalue weighted by Gasteiger charge is 2.52. The SMILES string of the molecule is C=CCCCCCCC[N+](C(C)C(=O)O)(C(C)C(=O)O)C(C)C(=O)O. The van der Waals surface area contributed by atoms with Crippen LogP contribution in [0.5, 0.6) is 0 Å². The maximum Gasteiger partial charge on any atom is 0.362 e. The van der Waals surface area contributed by atoms with Gasteiger partial charge >= 0.3 is 17.9 Å². The molecule has 25 heavy (non-hydrogen) atoms. The van der Waals surface area contributed by atoms with Crippen LogP contribution in [0, 0.1) is 0 Å². The van der Waals surface area contributed by atoms with Gasteiger partial charge in [0.1, 0.15) is 0 Å². The molecule has 0 aromatic heterocycles. The Balaban J connectivity index is 5.33. The second-order valence-electron chi connectivity index (χ2n) is 6.61. The van der Waals surface area contributed by atoms with Crippen LogP contribution in [-0.2, 0) is 14.4 Å². The maximum atomic E-state index is 11.6. The third-order valence-corrected chi connectivity index (χ3v) is 5.19. The maximum absolute atomic E-state index is 11.6. The second kappa shape index (κ2) is 10.9. The van der Waals surface area contributed by atoms with Crippen LogP contribution in [0.3, 0.4) is 0 Å². The minimum atomic E-state index is -1.19. The Bertz CT molecular complexity index is 426. The Hall–Kier alpha value is -1.89. The Kier molecular flexibility index (Phi) is 10.0. The van der Waals surface area contributed by atoms with E-state index in [1.807, 2.05) is 6.08 Å². The van der Waals surface area contributed by atoms with E-state index in [1.54, 1.807) is 0 Å². The van der Waals surface area contributed by atoms with Gasteiger partial charge in [0.05, 0.1) is 6.54 Å². The van der Waals surface area contributed by atoms with Crippen molar-refractivity contribution in [2.24, 2.45) is 0 Å². The molecule has 0 aliphatic rings. The van der Waals surface area contributed by atoms with E-state index in [2.05, 4.69) is 6.58 Å². The lowest BCUT2D eigenvalue weighted by atomic mass is 10.00. The van der Waals surface area contributed by atoms with Crippen molar-refractivity contribution in [2.75, 3.05) is 6.54 Å². The number of rotatable bonds is 14. The van der Waals surface area contributed by atoms with Crippen molar-refractivity contribution in [2.45, 2.75) is 77.4 Å². The average Bonchev–Trinajstić information content (AvgIpc) is 2.55. The Labute approximate surface area is 149 Å². The summed E-state index contributed by atoms with van der Waals surface area (Å²) in [6, 6.07) is -3.38. The first-order valence-corrected chi connectivity index (χ1v) is 8.79. The topological polar surface area (TPSA) is 112 Å². The molecule has 3 atom stereocenters. The molecular formula is C18H32NO6+. The molecule has 3 unspecified atom stereocenters. The highest BCUT2D eigenvalue weighted by Crippen LogP contribution is 2.27. The Morgan fingerprint density at radius 1 is 0.800 bits per heavy atom. The monoisotopic (exact) mass is 358 g/mol. The van der Waals surface area contributed by atoms with Gasteiger partial charge < -0.3 is 15.3 Å². The van der Waals surface area contributed by atoms with Crippen molar-refractivity contribution in [1.29, 1.82) is 0 Å². The highest BCUT2D eigenvalue weighted by molar-refractivity contribution is 5.77. The van der Waals surface area contributed by atoms with Gasteiger partial charge in [-0.2, -0.15) is 0 Å². The number of allylic oxidation sites excluding steroid dienone is 1. The standard InChI is InChI=1S/C18H31NO6/c1-5-6-7-8-9-10-11-12-19(13(2)16(20)21,14(3)17(22)23)15(4)18(24)25/h5,13-15H,1,6-12H2,2-4H3,(H2-,20,21,22,23,24,25)/p+1. The molecule has 0 saturated carbocycles. The number of carboxylic acid groups (broad SMARTS) is 3. The first-order chi connectivity index (χ1) is 11.6. The zero-order chi connectivity index (χ0) is 19.6. The van der Waals surface area contributed by atoms with Crippen molar-refractivity contribution in [3.05, 3.63) is 12.7 Å². The van der Waals surface area contributed by atoms with Gasteiger partial charge in [-0.3, -0.25) is 4.48 Å². The lowest BCUT2D eigenvalue weighted by molar-refractivity contribution is -0.968. The van der Waals surface area contributed by atoms with E-state index in [-0.39, 0.29) is 6.54 Å². The normalized spacial score (nSPS) is 17.1. The summed E-state index contributed by atoms with van der Waals surface area (Å²) in [6.07, 6.45) is 7.19. The summed E-state index contributed by atoms with van der Waals surface area (Å²) in [4.78, 5) is 34.8. The zero-order valence-electron chi connectivity index (χ0n) is 15.5. The predicted molar refractivity (Wildman–Crippen MR) is 94.3 cm³/mol. The summed E-state index contributed by atoms with van der Waals surface area (Å²) >= 11 is 0. The van der Waals surface area contributed by atoms with Gasteiger partial charge in [-0.15, -0.1) is 6.58 Å². The zero-order valence-corrected chi connectivity index (χ0v) is 15.5. The number of carbonyl (C=O) groups is 3. The quantitative estimate of drug-likeness (QED) is 0.250. The molecule has 0 fully saturated rings. The third kappa shape index (κ3) is 6.16. The molecule has 0 spiro atoms. The summed E-state index contributed by atoms with van der Waals surface area (Å²) in [5.41, 5.74) is 0. The van der Waals surface area contributed by atoms with Crippen LogP contribution in [0.25, 0.3) is 0 Å². The van der Waals surface area contributed by atoms with Crippen LogP contribution in [0.4, 0.5) is 0 Å². The average molecular weight is 358 g/mol. The van der Waals surface area contributed by atoms with Crippen molar-refractivity contribution in [1.82, 2.24) is 0 Å². The van der Waals surface area contributed by atoms with E-state index in [0.29, 0.717) is 6.42 Å². The molecule has 0 amide bonds. The van der Waals surface area contributed by atoms with E-state index in [9.17, 15) is 29.7 Å². The fourth-order valence-corrected chi connectivity index (χ4v) is 3.41. The molecule has 0 aliphatic carbocycles. The molecule has 0 radical (unpaired) electrons. The largest absolute Gasteiger partial charge is 0.477 e. The van der Waals surface area contributed by atoms with Crippen LogP contribution in [-0.4, -0.2) is 62.4 Å². The molecule has 7 heteroatoms. The van der Waals surface area contributed by atoms with Crippen molar-refractivity contribution >= 4 is 17.9 Å². The summed E-state index contributed by atoms with van der Waals surface area (Å²) in [5.74, 6) is -3.56. The van der Waals surface area contributed by atoms with Gasteiger partial charge in [-0.25, -0.2) is 14.4 Å². The minimum absolute atomic E-state index is 0.204. The predicted octanol–water partition coefficient (Wildman–Crippen LogP) is 2.75. The van der Waals surface area contributed by atoms with Crippen molar-refractivity contribution in [3.63, 3.8) is 0 Å². The molecule has 0 bridgehead atoms. The number of quaternary nitrogens is 1. The smallest absolute Gasteiger partial charge is 0.362 e. The van der Waals surface area contributed by atoms with Crippen LogP contribution >= 0.6 is 0 Å². The van der Waals surface area contributed by atoms with Crippen LogP contribution in [0.15, 0.2) is 12.7 Å². The van der Waals surface area contributed by atoms with E-state index >= 15 is 0 Å². The van der Waals surface area contributed by atoms with Crippen LogP contribution in [0.2, 0.25) is 0 Å². The fraction of sp³-hybridized carbons (Fsp3) is 0.722. The summed E-state index contributed by atoms with van der Waals surface area (Å²) in [7, 11) is 0. The molecule has 0 rings (SSSR count). The van der Waals surface area contributed by atoms with Crippen molar-refractivity contribution < 1.29 is 34.2 Å². The van der Waals surface area contributed by atoms with E-state index < -0.39 is 40.5 Å². The van der Waals surface area contributed by atoms with Gasteiger partial charge in [-0.05, 0) is 46.5 Å². The van der Waals surface area contributed by atoms with E-state index in [0.717, 1.165) is 32.1 Å². The molecule has 0 aliphatic heterocycles. The number of hydrogen-bond donors (Lipinski definition) is 3. The van der Waals surface area contributed by atoms with E-state index in [1.165, 1.54) is 20.8 Å². The third-order valence-electron chi connectivity index (χ3n) is 5.19. The first-order valence-electron chi connectivity index (χ1n) is 8.79. The number of aliphatic carboxylic acids is 3. The molecule has 144 valence electrons. The molecule has 0 aromatic rings. The van der Waals surface area contributed by atoms with E-state index in [4.69, 9.17) is 0 Å². The molecule has 7 nitrogen and oxygen atoms in total. The molecule has 3 N–H and O–H groups in total. The van der Waals surface area contributed by atoms with Gasteiger partial charge in [0.25, 0.3) is 0 Å².